The molecule has 1 rings (SSSR count). The minimum atomic E-state index is -0.102. The minimum Gasteiger partial charge on any atom is -0.504 e. The predicted molar refractivity (Wildman–Crippen MR) is 67.1 cm³/mol. The van der Waals surface area contributed by atoms with Crippen LogP contribution in [0.15, 0.2) is 18.2 Å². The highest BCUT2D eigenvalue weighted by Gasteiger charge is 2.09. The van der Waals surface area contributed by atoms with Gasteiger partial charge in [0.2, 0.25) is 0 Å². The molecule has 1 aromatic rings. The zero-order valence-electron chi connectivity index (χ0n) is 9.35. The van der Waals surface area contributed by atoms with Gasteiger partial charge in [-0.05, 0) is 37.6 Å². The lowest BCUT2D eigenvalue weighted by molar-refractivity contribution is 0.317. The molecule has 0 aliphatic rings. The average Bonchev–Trinajstić information content (AvgIpc) is 2.22. The normalized spacial score (nSPS) is 11.7. The predicted octanol–water partition coefficient (Wildman–Crippen LogP) is 1.56. The molecule has 4 nitrogen and oxygen atoms in total. The molecule has 0 unspecified atom stereocenters. The molecule has 0 saturated carbocycles. The number of hydrogen-bond donors (Lipinski definition) is 3. The number of nitrogens with two attached hydrogens (primary N) is 2. The Labute approximate surface area is 102 Å². The molecular weight excluding hydrogens is 228 g/mol. The molecule has 5 N–H and O–H groups in total. The largest absolute Gasteiger partial charge is 0.504 e. The molecule has 0 aromatic heterocycles. The lowest BCUT2D eigenvalue weighted by atomic mass is 10.0. The van der Waals surface area contributed by atoms with Gasteiger partial charge in [-0.1, -0.05) is 6.07 Å². The lowest BCUT2D eigenvalue weighted by Gasteiger charge is -2.13. The minimum absolute atomic E-state index is 0. The van der Waals surface area contributed by atoms with Crippen molar-refractivity contribution < 1.29 is 9.84 Å². The second-order valence-electron chi connectivity index (χ2n) is 3.34. The average molecular weight is 247 g/mol. The van der Waals surface area contributed by atoms with Gasteiger partial charge in [-0.2, -0.15) is 0 Å². The summed E-state index contributed by atoms with van der Waals surface area (Å²) in [7, 11) is 0. The van der Waals surface area contributed by atoms with E-state index in [9.17, 15) is 5.11 Å². The Morgan fingerprint density at radius 1 is 1.44 bits per heavy atom. The molecule has 1 atom stereocenters. The first-order chi connectivity index (χ1) is 7.19. The maximum Gasteiger partial charge on any atom is 0.161 e. The number of benzene rings is 1. The molecule has 0 aliphatic heterocycles. The molecule has 0 spiro atoms. The van der Waals surface area contributed by atoms with Crippen molar-refractivity contribution in [3.63, 3.8) is 0 Å². The summed E-state index contributed by atoms with van der Waals surface area (Å²) in [4.78, 5) is 0. The standard InChI is InChI=1S/C11H18N2O2.ClH/c1-2-15-11-7-8(3-4-10(11)14)9(13)5-6-12;/h3-4,7,9,14H,2,5-6,12-13H2,1H3;1H/t9-;/m1./s1. The zero-order chi connectivity index (χ0) is 11.3. The summed E-state index contributed by atoms with van der Waals surface area (Å²) in [6.07, 6.45) is 0.719. The van der Waals surface area contributed by atoms with Crippen LogP contribution in [-0.2, 0) is 0 Å². The number of phenolic OH excluding ortho intramolecular Hbond substituents is 1. The first kappa shape index (κ1) is 15.0. The molecule has 0 radical (unpaired) electrons. The number of rotatable bonds is 5. The van der Waals surface area contributed by atoms with Gasteiger partial charge in [-0.3, -0.25) is 0 Å². The van der Waals surface area contributed by atoms with Crippen LogP contribution >= 0.6 is 12.4 Å². The van der Waals surface area contributed by atoms with E-state index in [0.717, 1.165) is 12.0 Å². The van der Waals surface area contributed by atoms with Crippen LogP contribution in [0.2, 0.25) is 0 Å². The summed E-state index contributed by atoms with van der Waals surface area (Å²) < 4.78 is 5.27. The van der Waals surface area contributed by atoms with Gasteiger partial charge < -0.3 is 21.3 Å². The molecule has 0 amide bonds. The van der Waals surface area contributed by atoms with Crippen LogP contribution in [-0.4, -0.2) is 18.3 Å². The molecule has 1 aromatic carbocycles. The van der Waals surface area contributed by atoms with E-state index in [1.165, 1.54) is 0 Å². The van der Waals surface area contributed by atoms with Crippen LogP contribution in [0.25, 0.3) is 0 Å². The van der Waals surface area contributed by atoms with Crippen molar-refractivity contribution in [2.45, 2.75) is 19.4 Å². The van der Waals surface area contributed by atoms with Crippen molar-refractivity contribution >= 4 is 12.4 Å². The molecule has 16 heavy (non-hydrogen) atoms. The quantitative estimate of drug-likeness (QED) is 0.737. The van der Waals surface area contributed by atoms with E-state index < -0.39 is 0 Å². The smallest absolute Gasteiger partial charge is 0.161 e. The molecule has 0 saturated heterocycles. The maximum absolute atomic E-state index is 9.49. The summed E-state index contributed by atoms with van der Waals surface area (Å²) >= 11 is 0. The zero-order valence-corrected chi connectivity index (χ0v) is 10.2. The van der Waals surface area contributed by atoms with Crippen LogP contribution in [0.3, 0.4) is 0 Å². The molecule has 0 heterocycles. The molecular formula is C11H19ClN2O2. The van der Waals surface area contributed by atoms with E-state index in [0.29, 0.717) is 18.9 Å². The molecule has 5 heteroatoms. The Hall–Kier alpha value is -0.970. The van der Waals surface area contributed by atoms with Crippen molar-refractivity contribution in [1.29, 1.82) is 0 Å². The van der Waals surface area contributed by atoms with Crippen LogP contribution in [0.4, 0.5) is 0 Å². The Bertz CT molecular complexity index is 321. The first-order valence-corrected chi connectivity index (χ1v) is 5.10. The highest BCUT2D eigenvalue weighted by atomic mass is 35.5. The topological polar surface area (TPSA) is 81.5 Å². The third kappa shape index (κ3) is 3.89. The number of hydrogen-bond acceptors (Lipinski definition) is 4. The molecule has 92 valence electrons. The van der Waals surface area contributed by atoms with Crippen molar-refractivity contribution in [2.75, 3.05) is 13.2 Å². The summed E-state index contributed by atoms with van der Waals surface area (Å²) in [5.41, 5.74) is 12.3. The fourth-order valence-corrected chi connectivity index (χ4v) is 1.38. The maximum atomic E-state index is 9.49. The van der Waals surface area contributed by atoms with E-state index in [-0.39, 0.29) is 24.2 Å². The van der Waals surface area contributed by atoms with Crippen molar-refractivity contribution in [3.05, 3.63) is 23.8 Å². The van der Waals surface area contributed by atoms with Gasteiger partial charge in [0.1, 0.15) is 0 Å². The van der Waals surface area contributed by atoms with E-state index >= 15 is 0 Å². The van der Waals surface area contributed by atoms with Crippen molar-refractivity contribution in [2.24, 2.45) is 11.5 Å². The van der Waals surface area contributed by atoms with Crippen LogP contribution in [0, 0.1) is 0 Å². The van der Waals surface area contributed by atoms with Crippen molar-refractivity contribution in [3.8, 4) is 11.5 Å². The van der Waals surface area contributed by atoms with Crippen molar-refractivity contribution in [1.82, 2.24) is 0 Å². The lowest BCUT2D eigenvalue weighted by Crippen LogP contribution is -2.15. The van der Waals surface area contributed by atoms with E-state index in [1.807, 2.05) is 6.92 Å². The number of ether oxygens (including phenoxy) is 1. The third-order valence-corrected chi connectivity index (χ3v) is 2.19. The van der Waals surface area contributed by atoms with Gasteiger partial charge in [-0.15, -0.1) is 12.4 Å². The van der Waals surface area contributed by atoms with Gasteiger partial charge in [0.25, 0.3) is 0 Å². The Morgan fingerprint density at radius 3 is 2.69 bits per heavy atom. The summed E-state index contributed by atoms with van der Waals surface area (Å²) in [6.45, 7) is 2.93. The van der Waals surface area contributed by atoms with Crippen LogP contribution in [0.5, 0.6) is 11.5 Å². The monoisotopic (exact) mass is 246 g/mol. The summed E-state index contributed by atoms with van der Waals surface area (Å²) in [6, 6.07) is 5.04. The molecule has 0 fully saturated rings. The fourth-order valence-electron chi connectivity index (χ4n) is 1.38. The van der Waals surface area contributed by atoms with E-state index in [4.69, 9.17) is 16.2 Å². The Kier molecular flexibility index (Phi) is 6.88. The molecule has 0 aliphatic carbocycles. The van der Waals surface area contributed by atoms with Crippen LogP contribution in [0.1, 0.15) is 24.9 Å². The van der Waals surface area contributed by atoms with Gasteiger partial charge in [0, 0.05) is 6.04 Å². The van der Waals surface area contributed by atoms with Crippen LogP contribution < -0.4 is 16.2 Å². The van der Waals surface area contributed by atoms with Gasteiger partial charge in [0.05, 0.1) is 6.61 Å². The fraction of sp³-hybridized carbons (Fsp3) is 0.455. The number of aromatic hydroxyl groups is 1. The number of halogens is 1. The van der Waals surface area contributed by atoms with Gasteiger partial charge >= 0.3 is 0 Å². The van der Waals surface area contributed by atoms with Gasteiger partial charge in [-0.25, -0.2) is 0 Å². The highest BCUT2D eigenvalue weighted by Crippen LogP contribution is 2.29. The highest BCUT2D eigenvalue weighted by molar-refractivity contribution is 5.85. The van der Waals surface area contributed by atoms with E-state index in [1.54, 1.807) is 18.2 Å². The van der Waals surface area contributed by atoms with Gasteiger partial charge in [0.15, 0.2) is 11.5 Å². The second kappa shape index (κ2) is 7.33. The molecule has 0 bridgehead atoms. The third-order valence-electron chi connectivity index (χ3n) is 2.19. The number of phenols is 1. The Morgan fingerprint density at radius 2 is 2.12 bits per heavy atom. The first-order valence-electron chi connectivity index (χ1n) is 5.10. The van der Waals surface area contributed by atoms with E-state index in [2.05, 4.69) is 0 Å². The summed E-state index contributed by atoms with van der Waals surface area (Å²) in [5.74, 6) is 0.614. The Balaban J connectivity index is 0.00000225. The second-order valence-corrected chi connectivity index (χ2v) is 3.34. The SMILES string of the molecule is CCOc1cc([C@H](N)CCN)ccc1O.Cl. The summed E-state index contributed by atoms with van der Waals surface area (Å²) in [5, 5.41) is 9.49.